The molecule has 0 aromatic heterocycles. The largest absolute Gasteiger partial charge is 0.394 e. The minimum Gasteiger partial charge on any atom is -0.394 e. The first-order valence-corrected chi connectivity index (χ1v) is 8.93. The number of Topliss-reactive ketones (excluding diaryl/α,β-unsaturated/α-hetero) is 1. The van der Waals surface area contributed by atoms with Crippen molar-refractivity contribution >= 4 is 5.78 Å². The summed E-state index contributed by atoms with van der Waals surface area (Å²) in [5, 5.41) is 50.1. The molecule has 0 aromatic rings. The van der Waals surface area contributed by atoms with Gasteiger partial charge in [0.05, 0.1) is 25.4 Å². The predicted octanol–water partition coefficient (Wildman–Crippen LogP) is -1.82. The number of aliphatic hydroxyl groups excluding tert-OH is 5. The van der Waals surface area contributed by atoms with Crippen LogP contribution >= 0.6 is 0 Å². The fraction of sp³-hybridized carbons (Fsp3) is 0.941. The van der Waals surface area contributed by atoms with Gasteiger partial charge in [0.2, 0.25) is 0 Å². The van der Waals surface area contributed by atoms with E-state index in [0.717, 1.165) is 0 Å². The Hall–Kier alpha value is -0.650. The molecule has 2 fully saturated rings. The SMILES string of the molecule is CC(=O)C[C@@H]1OC(CO)[C@@H](O[C@@H]2OC(CO)[C@@H](C)C(C)C2O)C(O)C1O. The van der Waals surface area contributed by atoms with Crippen LogP contribution in [0.3, 0.4) is 0 Å². The van der Waals surface area contributed by atoms with E-state index < -0.39 is 55.6 Å². The van der Waals surface area contributed by atoms with Crippen molar-refractivity contribution in [3.8, 4) is 0 Å². The number of aliphatic hydroxyl groups is 5. The highest BCUT2D eigenvalue weighted by Crippen LogP contribution is 2.34. The first-order chi connectivity index (χ1) is 12.2. The molecule has 10 atom stereocenters. The molecular formula is C17H30O9. The van der Waals surface area contributed by atoms with E-state index in [1.54, 1.807) is 6.92 Å². The number of ether oxygens (including phenoxy) is 3. The predicted molar refractivity (Wildman–Crippen MR) is 88.0 cm³/mol. The molecule has 152 valence electrons. The van der Waals surface area contributed by atoms with Crippen LogP contribution in [0.2, 0.25) is 0 Å². The van der Waals surface area contributed by atoms with Crippen molar-refractivity contribution < 1.29 is 44.5 Å². The molecule has 0 saturated carbocycles. The average Bonchev–Trinajstić information content (AvgIpc) is 2.60. The minimum absolute atomic E-state index is 0.106. The van der Waals surface area contributed by atoms with E-state index in [1.807, 2.05) is 6.92 Å². The van der Waals surface area contributed by atoms with E-state index >= 15 is 0 Å². The van der Waals surface area contributed by atoms with Gasteiger partial charge in [0, 0.05) is 6.42 Å². The van der Waals surface area contributed by atoms with Crippen LogP contribution in [0.25, 0.3) is 0 Å². The van der Waals surface area contributed by atoms with Gasteiger partial charge in [0.15, 0.2) is 6.29 Å². The van der Waals surface area contributed by atoms with Crippen LogP contribution in [0.15, 0.2) is 0 Å². The molecule has 9 nitrogen and oxygen atoms in total. The van der Waals surface area contributed by atoms with Crippen molar-refractivity contribution in [2.75, 3.05) is 13.2 Å². The summed E-state index contributed by atoms with van der Waals surface area (Å²) < 4.78 is 16.8. The molecule has 9 heteroatoms. The molecule has 5 N–H and O–H groups in total. The fourth-order valence-corrected chi connectivity index (χ4v) is 3.53. The maximum atomic E-state index is 11.3. The summed E-state index contributed by atoms with van der Waals surface area (Å²) in [6.45, 7) is 4.21. The summed E-state index contributed by atoms with van der Waals surface area (Å²) in [6, 6.07) is 0. The van der Waals surface area contributed by atoms with Crippen LogP contribution in [-0.4, -0.2) is 93.5 Å². The maximum Gasteiger partial charge on any atom is 0.184 e. The standard InChI is InChI=1S/C17H30O9/c1-7(20)4-10-14(22)15(23)16(12(6-19)24-10)26-17-13(21)9(3)8(2)11(5-18)25-17/h8-19,21-23H,4-6H2,1-3H3/t8-,9?,10-,11?,12?,13?,14?,15?,16+,17-/m0/s1. The molecule has 2 rings (SSSR count). The lowest BCUT2D eigenvalue weighted by Gasteiger charge is -2.47. The van der Waals surface area contributed by atoms with Gasteiger partial charge in [-0.2, -0.15) is 0 Å². The molecule has 2 heterocycles. The molecule has 0 aliphatic carbocycles. The lowest BCUT2D eigenvalue weighted by Crippen LogP contribution is -2.62. The van der Waals surface area contributed by atoms with Crippen LogP contribution in [-0.2, 0) is 19.0 Å². The zero-order valence-corrected chi connectivity index (χ0v) is 15.3. The Labute approximate surface area is 152 Å². The number of ketones is 1. The molecule has 0 radical (unpaired) electrons. The number of rotatable bonds is 6. The molecule has 6 unspecified atom stereocenters. The third-order valence-electron chi connectivity index (χ3n) is 5.47. The van der Waals surface area contributed by atoms with Gasteiger partial charge in [-0.05, 0) is 18.8 Å². The molecule has 0 amide bonds. The van der Waals surface area contributed by atoms with Crippen molar-refractivity contribution in [3.05, 3.63) is 0 Å². The molecule has 0 spiro atoms. The highest BCUT2D eigenvalue weighted by molar-refractivity contribution is 5.76. The Bertz CT molecular complexity index is 469. The zero-order chi connectivity index (χ0) is 19.6. The highest BCUT2D eigenvalue weighted by atomic mass is 16.7. The summed E-state index contributed by atoms with van der Waals surface area (Å²) >= 11 is 0. The Morgan fingerprint density at radius 3 is 2.04 bits per heavy atom. The van der Waals surface area contributed by atoms with Gasteiger partial charge in [-0.1, -0.05) is 13.8 Å². The second-order valence-corrected chi connectivity index (χ2v) is 7.32. The van der Waals surface area contributed by atoms with E-state index in [0.29, 0.717) is 0 Å². The summed E-state index contributed by atoms with van der Waals surface area (Å²) in [5.41, 5.74) is 0. The van der Waals surface area contributed by atoms with E-state index in [1.165, 1.54) is 6.92 Å². The third-order valence-corrected chi connectivity index (χ3v) is 5.47. The number of carbonyl (C=O) groups is 1. The van der Waals surface area contributed by atoms with Crippen LogP contribution in [0.5, 0.6) is 0 Å². The van der Waals surface area contributed by atoms with Crippen molar-refractivity contribution in [1.82, 2.24) is 0 Å². The summed E-state index contributed by atoms with van der Waals surface area (Å²) in [6.07, 6.45) is -8.80. The van der Waals surface area contributed by atoms with Crippen LogP contribution in [0, 0.1) is 11.8 Å². The smallest absolute Gasteiger partial charge is 0.184 e. The molecule has 2 aliphatic rings. The first-order valence-electron chi connectivity index (χ1n) is 8.93. The lowest BCUT2D eigenvalue weighted by molar-refractivity contribution is -0.329. The number of carbonyl (C=O) groups excluding carboxylic acids is 1. The fourth-order valence-electron chi connectivity index (χ4n) is 3.53. The van der Waals surface area contributed by atoms with E-state index in [4.69, 9.17) is 14.2 Å². The third kappa shape index (κ3) is 4.42. The van der Waals surface area contributed by atoms with Crippen LogP contribution < -0.4 is 0 Å². The highest BCUT2D eigenvalue weighted by Gasteiger charge is 2.49. The van der Waals surface area contributed by atoms with Gasteiger partial charge in [-0.25, -0.2) is 0 Å². The minimum atomic E-state index is -1.44. The number of hydrogen-bond acceptors (Lipinski definition) is 9. The van der Waals surface area contributed by atoms with E-state index in [9.17, 15) is 30.3 Å². The van der Waals surface area contributed by atoms with Crippen molar-refractivity contribution in [1.29, 1.82) is 0 Å². The zero-order valence-electron chi connectivity index (χ0n) is 15.3. The van der Waals surface area contributed by atoms with Crippen molar-refractivity contribution in [3.63, 3.8) is 0 Å². The van der Waals surface area contributed by atoms with Gasteiger partial charge in [0.25, 0.3) is 0 Å². The topological polar surface area (TPSA) is 146 Å². The van der Waals surface area contributed by atoms with Gasteiger partial charge in [-0.3, -0.25) is 4.79 Å². The monoisotopic (exact) mass is 378 g/mol. The normalized spacial score (nSPS) is 46.9. The van der Waals surface area contributed by atoms with Crippen LogP contribution in [0.4, 0.5) is 0 Å². The maximum absolute atomic E-state index is 11.3. The number of hydrogen-bond donors (Lipinski definition) is 5. The average molecular weight is 378 g/mol. The summed E-state index contributed by atoms with van der Waals surface area (Å²) in [4.78, 5) is 11.3. The Morgan fingerprint density at radius 1 is 0.885 bits per heavy atom. The van der Waals surface area contributed by atoms with Gasteiger partial charge in [-0.15, -0.1) is 0 Å². The second kappa shape index (κ2) is 9.03. The summed E-state index contributed by atoms with van der Waals surface area (Å²) in [7, 11) is 0. The van der Waals surface area contributed by atoms with E-state index in [2.05, 4.69) is 0 Å². The van der Waals surface area contributed by atoms with Crippen LogP contribution in [0.1, 0.15) is 27.2 Å². The first kappa shape index (κ1) is 21.6. The van der Waals surface area contributed by atoms with Crippen molar-refractivity contribution in [2.24, 2.45) is 11.8 Å². The molecular weight excluding hydrogens is 348 g/mol. The molecule has 0 aromatic carbocycles. The Morgan fingerprint density at radius 2 is 1.50 bits per heavy atom. The lowest BCUT2D eigenvalue weighted by atomic mass is 9.83. The Balaban J connectivity index is 2.12. The van der Waals surface area contributed by atoms with Gasteiger partial charge < -0.3 is 39.7 Å². The summed E-state index contributed by atoms with van der Waals surface area (Å²) in [5.74, 6) is -0.575. The van der Waals surface area contributed by atoms with Gasteiger partial charge in [0.1, 0.15) is 36.3 Å². The van der Waals surface area contributed by atoms with E-state index in [-0.39, 0.29) is 30.6 Å². The Kier molecular flexibility index (Phi) is 7.52. The molecule has 2 saturated heterocycles. The molecule has 0 bridgehead atoms. The van der Waals surface area contributed by atoms with Gasteiger partial charge >= 0.3 is 0 Å². The molecule has 2 aliphatic heterocycles. The quantitative estimate of drug-likeness (QED) is 0.361. The van der Waals surface area contributed by atoms with Crippen molar-refractivity contribution in [2.45, 2.75) is 76.2 Å². The second-order valence-electron chi connectivity index (χ2n) is 7.32. The molecule has 26 heavy (non-hydrogen) atoms.